The fraction of sp³-hybridized carbons (Fsp3) is 0.176. The number of carbonyl (C=O) groups is 1. The van der Waals surface area contributed by atoms with Gasteiger partial charge in [0.1, 0.15) is 0 Å². The fourth-order valence-corrected chi connectivity index (χ4v) is 4.68. The van der Waals surface area contributed by atoms with Gasteiger partial charge in [0.05, 0.1) is 21.7 Å². The summed E-state index contributed by atoms with van der Waals surface area (Å²) in [6.45, 7) is 1.07. The van der Waals surface area contributed by atoms with Gasteiger partial charge in [0.15, 0.2) is 4.80 Å². The van der Waals surface area contributed by atoms with E-state index in [2.05, 4.69) is 20.9 Å². The highest BCUT2D eigenvalue weighted by Crippen LogP contribution is 2.25. The Morgan fingerprint density at radius 2 is 2.19 bits per heavy atom. The molecule has 3 aromatic rings. The lowest BCUT2D eigenvalue weighted by Crippen LogP contribution is -2.18. The van der Waals surface area contributed by atoms with Crippen molar-refractivity contribution in [3.05, 3.63) is 60.7 Å². The summed E-state index contributed by atoms with van der Waals surface area (Å²) in [7, 11) is 1.62. The summed E-state index contributed by atoms with van der Waals surface area (Å²) < 4.78 is 9.05. The number of hydrogen-bond acceptors (Lipinski definition) is 6. The van der Waals surface area contributed by atoms with Crippen LogP contribution in [0.3, 0.4) is 0 Å². The van der Waals surface area contributed by atoms with Gasteiger partial charge >= 0.3 is 5.00 Å². The van der Waals surface area contributed by atoms with Crippen LogP contribution >= 0.6 is 38.6 Å². The lowest BCUT2D eigenvalue weighted by Gasteiger charge is -2.03. The number of hydrogen-bond donors (Lipinski definition) is 0. The van der Waals surface area contributed by atoms with E-state index in [1.807, 2.05) is 22.8 Å². The van der Waals surface area contributed by atoms with Crippen molar-refractivity contribution in [1.82, 2.24) is 4.57 Å². The highest BCUT2D eigenvalue weighted by Gasteiger charge is 2.09. The van der Waals surface area contributed by atoms with E-state index >= 15 is 0 Å². The van der Waals surface area contributed by atoms with Gasteiger partial charge in [-0.25, -0.2) is 0 Å². The molecule has 27 heavy (non-hydrogen) atoms. The highest BCUT2D eigenvalue weighted by atomic mass is 79.9. The van der Waals surface area contributed by atoms with Crippen LogP contribution in [0.2, 0.25) is 0 Å². The molecule has 140 valence electrons. The number of nitrogens with zero attached hydrogens (tertiary/aromatic N) is 3. The van der Waals surface area contributed by atoms with Gasteiger partial charge in [-0.15, -0.1) is 0 Å². The Morgan fingerprint density at radius 3 is 2.89 bits per heavy atom. The zero-order valence-corrected chi connectivity index (χ0v) is 17.3. The van der Waals surface area contributed by atoms with Crippen molar-refractivity contribution >= 4 is 65.8 Å². The molecule has 7 nitrogen and oxygen atoms in total. The summed E-state index contributed by atoms with van der Waals surface area (Å²) in [6, 6.07) is 8.90. The molecule has 3 rings (SSSR count). The number of rotatable bonds is 6. The lowest BCUT2D eigenvalue weighted by atomic mass is 10.3. The molecule has 0 saturated carbocycles. The molecule has 1 aromatic carbocycles. The first-order valence-corrected chi connectivity index (χ1v) is 10.2. The standard InChI is InChI=1S/C17H14BrN3O4S2/c1-25-9-8-20-13-5-2-11(18)10-14(13)27-17(20)19-15(22)6-3-12-4-7-16(26-12)21(23)24/h2-7,10H,8-9H2,1H3. The van der Waals surface area contributed by atoms with Crippen LogP contribution in [0.4, 0.5) is 5.00 Å². The molecule has 0 aliphatic carbocycles. The van der Waals surface area contributed by atoms with Gasteiger partial charge in [-0.1, -0.05) is 38.6 Å². The monoisotopic (exact) mass is 467 g/mol. The molecule has 0 spiro atoms. The number of nitro groups is 1. The normalized spacial score (nSPS) is 12.3. The Kier molecular flexibility index (Phi) is 6.32. The maximum Gasteiger partial charge on any atom is 0.324 e. The van der Waals surface area contributed by atoms with Crippen molar-refractivity contribution in [2.45, 2.75) is 6.54 Å². The predicted octanol–water partition coefficient (Wildman–Crippen LogP) is 4.22. The Hall–Kier alpha value is -2.14. The highest BCUT2D eigenvalue weighted by molar-refractivity contribution is 9.10. The maximum absolute atomic E-state index is 12.3. The number of methoxy groups -OCH3 is 1. The van der Waals surface area contributed by atoms with E-state index in [1.165, 1.54) is 29.6 Å². The summed E-state index contributed by atoms with van der Waals surface area (Å²) in [5, 5.41) is 10.8. The van der Waals surface area contributed by atoms with Gasteiger partial charge in [0, 0.05) is 35.1 Å². The van der Waals surface area contributed by atoms with E-state index in [9.17, 15) is 14.9 Å². The van der Waals surface area contributed by atoms with Crippen LogP contribution in [-0.4, -0.2) is 29.1 Å². The number of halogens is 1. The number of ether oxygens (including phenoxy) is 1. The van der Waals surface area contributed by atoms with Gasteiger partial charge < -0.3 is 9.30 Å². The summed E-state index contributed by atoms with van der Waals surface area (Å²) >= 11 is 5.87. The Balaban J connectivity index is 1.92. The van der Waals surface area contributed by atoms with E-state index in [1.54, 1.807) is 13.2 Å². The topological polar surface area (TPSA) is 86.7 Å². The summed E-state index contributed by atoms with van der Waals surface area (Å²) in [5.41, 5.74) is 0.977. The van der Waals surface area contributed by atoms with Crippen LogP contribution < -0.4 is 4.80 Å². The molecule has 0 N–H and O–H groups in total. The molecule has 1 amide bonds. The first kappa shape index (κ1) is 19.6. The number of thiophene rings is 1. The predicted molar refractivity (Wildman–Crippen MR) is 110 cm³/mol. The SMILES string of the molecule is COCCn1c(=NC(=O)C=Cc2ccc([N+](=O)[O-])s2)sc2cc(Br)ccc21. The van der Waals surface area contributed by atoms with Gasteiger partial charge in [-0.3, -0.25) is 14.9 Å². The number of carbonyl (C=O) groups excluding carboxylic acids is 1. The van der Waals surface area contributed by atoms with E-state index in [4.69, 9.17) is 4.74 Å². The molecule has 0 bridgehead atoms. The second-order valence-electron chi connectivity index (χ2n) is 5.36. The summed E-state index contributed by atoms with van der Waals surface area (Å²) in [4.78, 5) is 27.9. The van der Waals surface area contributed by atoms with E-state index in [0.717, 1.165) is 26.0 Å². The Bertz CT molecular complexity index is 1100. The molecule has 10 heteroatoms. The van der Waals surface area contributed by atoms with Crippen LogP contribution in [0.15, 0.2) is 45.9 Å². The average molecular weight is 468 g/mol. The van der Waals surface area contributed by atoms with E-state index < -0.39 is 10.8 Å². The average Bonchev–Trinajstić information content (AvgIpc) is 3.22. The van der Waals surface area contributed by atoms with Crippen LogP contribution in [0.1, 0.15) is 4.88 Å². The third kappa shape index (κ3) is 4.78. The minimum Gasteiger partial charge on any atom is -0.383 e. The number of fused-ring (bicyclic) bond motifs is 1. The number of benzene rings is 1. The largest absolute Gasteiger partial charge is 0.383 e. The second-order valence-corrected chi connectivity index (χ2v) is 8.38. The quantitative estimate of drug-likeness (QED) is 0.308. The van der Waals surface area contributed by atoms with Gasteiger partial charge in [-0.05, 0) is 30.3 Å². The number of aromatic nitrogens is 1. The molecule has 0 atom stereocenters. The zero-order valence-electron chi connectivity index (χ0n) is 14.1. The summed E-state index contributed by atoms with van der Waals surface area (Å²) in [5.74, 6) is -0.428. The third-order valence-corrected chi connectivity index (χ3v) is 6.09. The number of amides is 1. The molecule has 0 unspecified atom stereocenters. The van der Waals surface area contributed by atoms with Crippen LogP contribution in [0.5, 0.6) is 0 Å². The van der Waals surface area contributed by atoms with E-state index in [-0.39, 0.29) is 5.00 Å². The Labute approximate surface area is 170 Å². The van der Waals surface area contributed by atoms with Crippen LogP contribution in [0, 0.1) is 10.1 Å². The van der Waals surface area contributed by atoms with Crippen molar-refractivity contribution < 1.29 is 14.5 Å². The molecule has 0 aliphatic heterocycles. The maximum atomic E-state index is 12.3. The molecule has 0 aliphatic rings. The van der Waals surface area contributed by atoms with E-state index in [0.29, 0.717) is 22.8 Å². The smallest absolute Gasteiger partial charge is 0.324 e. The molecule has 0 saturated heterocycles. The molecular weight excluding hydrogens is 454 g/mol. The van der Waals surface area contributed by atoms with Crippen LogP contribution in [-0.2, 0) is 16.1 Å². The zero-order chi connectivity index (χ0) is 19.4. The first-order valence-electron chi connectivity index (χ1n) is 7.77. The molecule has 2 aromatic heterocycles. The second kappa shape index (κ2) is 8.70. The third-order valence-electron chi connectivity index (χ3n) is 3.55. The fourth-order valence-electron chi connectivity index (χ4n) is 2.35. The first-order chi connectivity index (χ1) is 13.0. The van der Waals surface area contributed by atoms with Crippen molar-refractivity contribution in [2.75, 3.05) is 13.7 Å². The summed E-state index contributed by atoms with van der Waals surface area (Å²) in [6.07, 6.45) is 2.85. The molecule has 2 heterocycles. The molecular formula is C17H14BrN3O4S2. The minimum absolute atomic E-state index is 0.0338. The van der Waals surface area contributed by atoms with Gasteiger partial charge in [-0.2, -0.15) is 4.99 Å². The van der Waals surface area contributed by atoms with Gasteiger partial charge in [0.25, 0.3) is 5.91 Å². The van der Waals surface area contributed by atoms with Crippen molar-refractivity contribution in [1.29, 1.82) is 0 Å². The molecule has 0 fully saturated rings. The number of thiazole rings is 1. The Morgan fingerprint density at radius 1 is 1.37 bits per heavy atom. The van der Waals surface area contributed by atoms with Crippen molar-refractivity contribution in [2.24, 2.45) is 4.99 Å². The van der Waals surface area contributed by atoms with Crippen molar-refractivity contribution in [3.8, 4) is 0 Å². The lowest BCUT2D eigenvalue weighted by molar-refractivity contribution is -0.380. The van der Waals surface area contributed by atoms with Gasteiger partial charge in [0.2, 0.25) is 0 Å². The van der Waals surface area contributed by atoms with Crippen LogP contribution in [0.25, 0.3) is 16.3 Å². The molecule has 0 radical (unpaired) electrons. The van der Waals surface area contributed by atoms with Crippen molar-refractivity contribution in [3.63, 3.8) is 0 Å². The minimum atomic E-state index is -0.456.